The molecule has 0 saturated heterocycles. The van der Waals surface area contributed by atoms with E-state index in [1.807, 2.05) is 6.92 Å². The lowest BCUT2D eigenvalue weighted by atomic mass is 10.3. The van der Waals surface area contributed by atoms with Crippen LogP contribution in [0.2, 0.25) is 0 Å². The summed E-state index contributed by atoms with van der Waals surface area (Å²) in [5.41, 5.74) is 0. The van der Waals surface area contributed by atoms with E-state index in [0.717, 1.165) is 0 Å². The minimum atomic E-state index is -1.46. The molecule has 0 aromatic carbocycles. The van der Waals surface area contributed by atoms with E-state index in [9.17, 15) is 14.0 Å². The van der Waals surface area contributed by atoms with Crippen LogP contribution in [0.3, 0.4) is 0 Å². The lowest BCUT2D eigenvalue weighted by molar-refractivity contribution is -0.132. The van der Waals surface area contributed by atoms with E-state index in [0.29, 0.717) is 19.8 Å². The van der Waals surface area contributed by atoms with Gasteiger partial charge in [-0.15, -0.1) is 0 Å². The minimum Gasteiger partial charge on any atom is -0.380 e. The van der Waals surface area contributed by atoms with Crippen LogP contribution in [-0.4, -0.2) is 31.7 Å². The molecule has 0 saturated carbocycles. The Morgan fingerprint density at radius 2 is 2.08 bits per heavy atom. The molecule has 0 aliphatic rings. The molecule has 5 heteroatoms. The Balaban J connectivity index is 3.25. The summed E-state index contributed by atoms with van der Waals surface area (Å²) in [6, 6.07) is -1.46. The van der Waals surface area contributed by atoms with Gasteiger partial charge < -0.3 is 10.1 Å². The maximum Gasteiger partial charge on any atom is 0.302 e. The van der Waals surface area contributed by atoms with Crippen LogP contribution in [0.15, 0.2) is 0 Å². The molecule has 4 nitrogen and oxygen atoms in total. The summed E-state index contributed by atoms with van der Waals surface area (Å²) in [6.07, 6.45) is -0.443. The monoisotopic (exact) mass is 191 g/mol. The smallest absolute Gasteiger partial charge is 0.302 e. The van der Waals surface area contributed by atoms with Crippen LogP contribution >= 0.6 is 0 Å². The van der Waals surface area contributed by atoms with Crippen molar-refractivity contribution >= 4 is 11.9 Å². The molecular weight excluding hydrogens is 177 g/mol. The minimum absolute atomic E-state index is 0.0958. The van der Waals surface area contributed by atoms with Crippen molar-refractivity contribution in [3.05, 3.63) is 0 Å². The Hall–Kier alpha value is -0.970. The molecule has 1 amide bonds. The molecule has 0 aliphatic heterocycles. The molecule has 0 spiro atoms. The zero-order valence-corrected chi connectivity index (χ0v) is 7.64. The van der Waals surface area contributed by atoms with Crippen molar-refractivity contribution in [1.29, 1.82) is 0 Å². The predicted octanol–water partition coefficient (Wildman–Crippen LogP) is 0.415. The Morgan fingerprint density at radius 3 is 2.62 bits per heavy atom. The van der Waals surface area contributed by atoms with Gasteiger partial charge >= 0.3 is 6.04 Å². The van der Waals surface area contributed by atoms with Crippen molar-refractivity contribution in [2.45, 2.75) is 19.8 Å². The molecule has 0 fully saturated rings. The van der Waals surface area contributed by atoms with Crippen LogP contribution in [0.4, 0.5) is 4.39 Å². The molecule has 0 radical (unpaired) electrons. The first kappa shape index (κ1) is 12.0. The van der Waals surface area contributed by atoms with E-state index in [4.69, 9.17) is 4.74 Å². The Bertz CT molecular complexity index is 173. The van der Waals surface area contributed by atoms with E-state index >= 15 is 0 Å². The zero-order valence-electron chi connectivity index (χ0n) is 7.64. The van der Waals surface area contributed by atoms with Crippen LogP contribution in [-0.2, 0) is 14.3 Å². The summed E-state index contributed by atoms with van der Waals surface area (Å²) < 4.78 is 16.6. The van der Waals surface area contributed by atoms with Gasteiger partial charge in [0.25, 0.3) is 0 Å². The summed E-state index contributed by atoms with van der Waals surface area (Å²) in [5.74, 6) is -0.328. The van der Waals surface area contributed by atoms with Gasteiger partial charge in [-0.3, -0.25) is 9.59 Å². The summed E-state index contributed by atoms with van der Waals surface area (Å²) >= 11 is 0. The van der Waals surface area contributed by atoms with Crippen LogP contribution in [0, 0.1) is 0 Å². The van der Waals surface area contributed by atoms with Crippen LogP contribution in [0.5, 0.6) is 0 Å². The number of halogens is 1. The molecule has 1 N–H and O–H groups in total. The number of carbonyl (C=O) groups is 2. The maximum absolute atomic E-state index is 11.7. The number of hydrogen-bond acceptors (Lipinski definition) is 3. The lowest BCUT2D eigenvalue weighted by Crippen LogP contribution is -2.27. The standard InChI is InChI=1S/C8H14FNO3/c1-2-13-6-5-10-8(12)4-3-7(9)11/h2-6H2,1H3,(H,10,12). The average molecular weight is 191 g/mol. The molecule has 0 heterocycles. The largest absolute Gasteiger partial charge is 0.380 e. The Labute approximate surface area is 76.4 Å². The highest BCUT2D eigenvalue weighted by atomic mass is 19.1. The first-order valence-corrected chi connectivity index (χ1v) is 4.19. The highest BCUT2D eigenvalue weighted by Gasteiger charge is 2.04. The first-order valence-electron chi connectivity index (χ1n) is 4.19. The number of rotatable bonds is 7. The quantitative estimate of drug-likeness (QED) is 0.468. The molecule has 0 aromatic heterocycles. The second-order valence-electron chi connectivity index (χ2n) is 2.40. The van der Waals surface area contributed by atoms with Crippen LogP contribution in [0.25, 0.3) is 0 Å². The van der Waals surface area contributed by atoms with Crippen molar-refractivity contribution in [3.63, 3.8) is 0 Å². The zero-order chi connectivity index (χ0) is 10.1. The maximum atomic E-state index is 11.7. The third-order valence-electron chi connectivity index (χ3n) is 1.32. The first-order chi connectivity index (χ1) is 6.16. The van der Waals surface area contributed by atoms with Gasteiger partial charge in [0.15, 0.2) is 0 Å². The average Bonchev–Trinajstić information content (AvgIpc) is 2.09. The predicted molar refractivity (Wildman–Crippen MR) is 44.9 cm³/mol. The van der Waals surface area contributed by atoms with Gasteiger partial charge in [0.1, 0.15) is 0 Å². The molecule has 0 aliphatic carbocycles. The van der Waals surface area contributed by atoms with Crippen molar-refractivity contribution in [1.82, 2.24) is 5.32 Å². The van der Waals surface area contributed by atoms with Crippen molar-refractivity contribution in [3.8, 4) is 0 Å². The fraction of sp³-hybridized carbons (Fsp3) is 0.750. The fourth-order valence-electron chi connectivity index (χ4n) is 0.707. The molecule has 13 heavy (non-hydrogen) atoms. The SMILES string of the molecule is CCOCCNC(=O)CCC(=O)F. The topological polar surface area (TPSA) is 55.4 Å². The van der Waals surface area contributed by atoms with E-state index in [-0.39, 0.29) is 18.7 Å². The van der Waals surface area contributed by atoms with Gasteiger partial charge in [0.2, 0.25) is 5.91 Å². The Kier molecular flexibility index (Phi) is 7.10. The molecule has 76 valence electrons. The number of hydrogen-bond donors (Lipinski definition) is 1. The molecule has 0 atom stereocenters. The number of nitrogens with one attached hydrogen (secondary N) is 1. The van der Waals surface area contributed by atoms with E-state index < -0.39 is 6.04 Å². The molecule has 0 bridgehead atoms. The van der Waals surface area contributed by atoms with Crippen LogP contribution in [0.1, 0.15) is 19.8 Å². The summed E-state index contributed by atoms with van der Waals surface area (Å²) in [6.45, 7) is 3.28. The van der Waals surface area contributed by atoms with Crippen molar-refractivity contribution < 1.29 is 18.7 Å². The van der Waals surface area contributed by atoms with Gasteiger partial charge in [-0.1, -0.05) is 0 Å². The number of carbonyl (C=O) groups excluding carboxylic acids is 2. The second-order valence-corrected chi connectivity index (χ2v) is 2.40. The second kappa shape index (κ2) is 7.67. The highest BCUT2D eigenvalue weighted by molar-refractivity contribution is 5.80. The third-order valence-corrected chi connectivity index (χ3v) is 1.32. The number of amides is 1. The van der Waals surface area contributed by atoms with E-state index in [1.54, 1.807) is 0 Å². The van der Waals surface area contributed by atoms with Crippen LogP contribution < -0.4 is 5.32 Å². The lowest BCUT2D eigenvalue weighted by Gasteiger charge is -2.03. The Morgan fingerprint density at radius 1 is 1.38 bits per heavy atom. The summed E-state index contributed by atoms with van der Waals surface area (Å²) in [7, 11) is 0. The molecular formula is C8H14FNO3. The van der Waals surface area contributed by atoms with Crippen molar-refractivity contribution in [2.24, 2.45) is 0 Å². The van der Waals surface area contributed by atoms with Gasteiger partial charge in [-0.2, -0.15) is 4.39 Å². The normalized spacial score (nSPS) is 9.69. The van der Waals surface area contributed by atoms with E-state index in [1.165, 1.54) is 0 Å². The third kappa shape index (κ3) is 8.94. The number of ether oxygens (including phenoxy) is 1. The van der Waals surface area contributed by atoms with Gasteiger partial charge in [-0.25, -0.2) is 0 Å². The van der Waals surface area contributed by atoms with Gasteiger partial charge in [-0.05, 0) is 6.92 Å². The molecule has 0 rings (SSSR count). The fourth-order valence-corrected chi connectivity index (χ4v) is 0.707. The summed E-state index contributed by atoms with van der Waals surface area (Å²) in [5, 5.41) is 2.49. The van der Waals surface area contributed by atoms with Crippen molar-refractivity contribution in [2.75, 3.05) is 19.8 Å². The summed E-state index contributed by atoms with van der Waals surface area (Å²) in [4.78, 5) is 20.7. The van der Waals surface area contributed by atoms with Gasteiger partial charge in [0.05, 0.1) is 6.61 Å². The molecule has 0 unspecified atom stereocenters. The van der Waals surface area contributed by atoms with E-state index in [2.05, 4.69) is 5.32 Å². The highest BCUT2D eigenvalue weighted by Crippen LogP contribution is 1.91. The van der Waals surface area contributed by atoms with Gasteiger partial charge in [0, 0.05) is 26.0 Å². The molecule has 0 aromatic rings.